The van der Waals surface area contributed by atoms with Gasteiger partial charge in [-0.3, -0.25) is 0 Å². The van der Waals surface area contributed by atoms with Gasteiger partial charge in [-0.2, -0.15) is 0 Å². The first-order chi connectivity index (χ1) is 11.8. The second kappa shape index (κ2) is 6.17. The second-order valence-electron chi connectivity index (χ2n) is 6.65. The van der Waals surface area contributed by atoms with Gasteiger partial charge in [-0.25, -0.2) is 0 Å². The molecule has 0 saturated carbocycles. The van der Waals surface area contributed by atoms with E-state index in [1.54, 1.807) is 6.07 Å². The highest BCUT2D eigenvalue weighted by Gasteiger charge is 2.11. The Balaban J connectivity index is 2.08. The van der Waals surface area contributed by atoms with E-state index in [4.69, 9.17) is 0 Å². The quantitative estimate of drug-likeness (QED) is 0.590. The van der Waals surface area contributed by atoms with E-state index >= 15 is 0 Å². The van der Waals surface area contributed by atoms with E-state index in [0.717, 1.165) is 44.5 Å². The summed E-state index contributed by atoms with van der Waals surface area (Å²) in [6.45, 7) is 7.42. The Labute approximate surface area is 147 Å². The van der Waals surface area contributed by atoms with Crippen LogP contribution in [0.1, 0.15) is 22.3 Å². The van der Waals surface area contributed by atoms with E-state index in [1.807, 2.05) is 64.1 Å². The molecule has 0 aliphatic carbocycles. The van der Waals surface area contributed by atoms with Crippen molar-refractivity contribution in [2.24, 2.45) is 0 Å². The van der Waals surface area contributed by atoms with Crippen LogP contribution < -0.4 is 0 Å². The fraction of sp³-hybridized carbons (Fsp3) is 0.182. The molecule has 0 bridgehead atoms. The molecule has 25 heavy (non-hydrogen) atoms. The summed E-state index contributed by atoms with van der Waals surface area (Å²) in [6.07, 6.45) is 0. The average Bonchev–Trinajstić information content (AvgIpc) is 2.56. The Kier molecular flexibility index (Phi) is 4.17. The lowest BCUT2D eigenvalue weighted by Crippen LogP contribution is -1.88. The Morgan fingerprint density at radius 2 is 0.960 bits per heavy atom. The Morgan fingerprint density at radius 3 is 1.40 bits per heavy atom. The number of aromatic hydroxyl groups is 3. The lowest BCUT2D eigenvalue weighted by Gasteiger charge is -2.12. The third kappa shape index (κ3) is 3.05. The highest BCUT2D eigenvalue weighted by molar-refractivity contribution is 5.78. The van der Waals surface area contributed by atoms with E-state index in [2.05, 4.69) is 0 Å². The predicted octanol–water partition coefficient (Wildman–Crippen LogP) is 5.37. The van der Waals surface area contributed by atoms with Crippen molar-refractivity contribution >= 4 is 0 Å². The zero-order valence-electron chi connectivity index (χ0n) is 14.9. The SMILES string of the molecule is Cc1cc(-c2ccc(-c3cc(C)c(O)c(C)c3)c(O)c2)cc(C)c1O. The van der Waals surface area contributed by atoms with Crippen molar-refractivity contribution in [3.05, 3.63) is 64.7 Å². The van der Waals surface area contributed by atoms with Crippen molar-refractivity contribution in [3.63, 3.8) is 0 Å². The van der Waals surface area contributed by atoms with Gasteiger partial charge in [-0.1, -0.05) is 12.1 Å². The van der Waals surface area contributed by atoms with E-state index in [0.29, 0.717) is 5.75 Å². The topological polar surface area (TPSA) is 60.7 Å². The van der Waals surface area contributed by atoms with Crippen molar-refractivity contribution in [2.45, 2.75) is 27.7 Å². The van der Waals surface area contributed by atoms with Crippen LogP contribution in [0.25, 0.3) is 22.3 Å². The number of phenols is 3. The minimum absolute atomic E-state index is 0.186. The first-order valence-electron chi connectivity index (χ1n) is 8.22. The van der Waals surface area contributed by atoms with Crippen molar-refractivity contribution in [2.75, 3.05) is 0 Å². The molecular weight excluding hydrogens is 312 g/mol. The van der Waals surface area contributed by atoms with Crippen molar-refractivity contribution in [1.82, 2.24) is 0 Å². The van der Waals surface area contributed by atoms with Crippen LogP contribution in [-0.4, -0.2) is 15.3 Å². The largest absolute Gasteiger partial charge is 0.507 e. The van der Waals surface area contributed by atoms with Crippen LogP contribution in [-0.2, 0) is 0 Å². The van der Waals surface area contributed by atoms with Crippen LogP contribution in [0, 0.1) is 27.7 Å². The highest BCUT2D eigenvalue weighted by atomic mass is 16.3. The zero-order chi connectivity index (χ0) is 18.3. The Morgan fingerprint density at radius 1 is 0.520 bits per heavy atom. The number of hydrogen-bond acceptors (Lipinski definition) is 3. The molecule has 0 fully saturated rings. The molecule has 3 heteroatoms. The lowest BCUT2D eigenvalue weighted by atomic mass is 9.95. The van der Waals surface area contributed by atoms with Crippen LogP contribution in [0.5, 0.6) is 17.2 Å². The molecule has 0 aliphatic heterocycles. The molecule has 128 valence electrons. The molecule has 3 aromatic carbocycles. The summed E-state index contributed by atoms with van der Waals surface area (Å²) in [5.41, 5.74) is 6.61. The summed E-state index contributed by atoms with van der Waals surface area (Å²) in [5, 5.41) is 30.4. The molecule has 0 amide bonds. The number of rotatable bonds is 2. The molecule has 3 N–H and O–H groups in total. The smallest absolute Gasteiger partial charge is 0.124 e. The molecule has 3 nitrogen and oxygen atoms in total. The Hall–Kier alpha value is -2.94. The van der Waals surface area contributed by atoms with Gasteiger partial charge in [0.1, 0.15) is 17.2 Å². The lowest BCUT2D eigenvalue weighted by molar-refractivity contribution is 0.466. The maximum atomic E-state index is 10.5. The predicted molar refractivity (Wildman–Crippen MR) is 101 cm³/mol. The first-order valence-corrected chi connectivity index (χ1v) is 8.22. The molecular formula is C22H22O3. The molecule has 3 aromatic rings. The second-order valence-corrected chi connectivity index (χ2v) is 6.65. The van der Waals surface area contributed by atoms with Crippen LogP contribution in [0.3, 0.4) is 0 Å². The summed E-state index contributed by atoms with van der Waals surface area (Å²) >= 11 is 0. The molecule has 0 aromatic heterocycles. The first kappa shape index (κ1) is 16.9. The maximum absolute atomic E-state index is 10.5. The summed E-state index contributed by atoms with van der Waals surface area (Å²) in [4.78, 5) is 0. The van der Waals surface area contributed by atoms with E-state index in [-0.39, 0.29) is 11.5 Å². The zero-order valence-corrected chi connectivity index (χ0v) is 14.9. The number of benzene rings is 3. The number of phenolic OH excluding ortho intramolecular Hbond substituents is 3. The molecule has 0 saturated heterocycles. The normalized spacial score (nSPS) is 10.9. The van der Waals surface area contributed by atoms with Crippen LogP contribution >= 0.6 is 0 Å². The monoisotopic (exact) mass is 334 g/mol. The van der Waals surface area contributed by atoms with Crippen LogP contribution in [0.4, 0.5) is 0 Å². The Bertz CT molecular complexity index is 925. The summed E-state index contributed by atoms with van der Waals surface area (Å²) in [7, 11) is 0. The minimum Gasteiger partial charge on any atom is -0.507 e. The van der Waals surface area contributed by atoms with Crippen molar-refractivity contribution in [3.8, 4) is 39.5 Å². The van der Waals surface area contributed by atoms with Gasteiger partial charge in [0.05, 0.1) is 0 Å². The van der Waals surface area contributed by atoms with E-state index in [9.17, 15) is 15.3 Å². The summed E-state index contributed by atoms with van der Waals surface area (Å²) in [5.74, 6) is 0.778. The van der Waals surface area contributed by atoms with Gasteiger partial charge in [-0.15, -0.1) is 0 Å². The van der Waals surface area contributed by atoms with E-state index < -0.39 is 0 Å². The van der Waals surface area contributed by atoms with Gasteiger partial charge in [0.2, 0.25) is 0 Å². The van der Waals surface area contributed by atoms with Crippen molar-refractivity contribution in [1.29, 1.82) is 0 Å². The maximum Gasteiger partial charge on any atom is 0.124 e. The molecule has 0 aliphatic rings. The summed E-state index contributed by atoms with van der Waals surface area (Å²) in [6, 6.07) is 13.1. The van der Waals surface area contributed by atoms with Crippen molar-refractivity contribution < 1.29 is 15.3 Å². The fourth-order valence-corrected chi connectivity index (χ4v) is 3.19. The van der Waals surface area contributed by atoms with E-state index in [1.165, 1.54) is 0 Å². The third-order valence-electron chi connectivity index (χ3n) is 4.62. The van der Waals surface area contributed by atoms with Gasteiger partial charge in [0.25, 0.3) is 0 Å². The van der Waals surface area contributed by atoms with Gasteiger partial charge in [0.15, 0.2) is 0 Å². The minimum atomic E-state index is 0.186. The average molecular weight is 334 g/mol. The standard InChI is InChI=1S/C22H22O3/c1-12-7-17(8-13(2)21(12)24)16-5-6-19(20(23)11-16)18-9-14(3)22(25)15(4)10-18/h5-11,23-25H,1-4H3. The fourth-order valence-electron chi connectivity index (χ4n) is 3.19. The molecule has 3 rings (SSSR count). The number of aryl methyl sites for hydroxylation is 4. The molecule has 0 heterocycles. The highest BCUT2D eigenvalue weighted by Crippen LogP contribution is 2.37. The third-order valence-corrected chi connectivity index (χ3v) is 4.62. The van der Waals surface area contributed by atoms with Crippen LogP contribution in [0.15, 0.2) is 42.5 Å². The number of hydrogen-bond donors (Lipinski definition) is 3. The van der Waals surface area contributed by atoms with Crippen LogP contribution in [0.2, 0.25) is 0 Å². The molecule has 0 unspecified atom stereocenters. The van der Waals surface area contributed by atoms with Gasteiger partial charge < -0.3 is 15.3 Å². The molecule has 0 radical (unpaired) electrons. The summed E-state index contributed by atoms with van der Waals surface area (Å²) < 4.78 is 0. The van der Waals surface area contributed by atoms with Gasteiger partial charge in [-0.05, 0) is 97.0 Å². The van der Waals surface area contributed by atoms with Gasteiger partial charge >= 0.3 is 0 Å². The van der Waals surface area contributed by atoms with Gasteiger partial charge in [0, 0.05) is 5.56 Å². The molecule has 0 atom stereocenters. The molecule has 0 spiro atoms.